The Hall–Kier alpha value is -0.650. The molecular formula is C10H22N2O3. The Labute approximate surface area is 91.2 Å². The second-order valence-corrected chi connectivity index (χ2v) is 4.09. The first-order valence-corrected chi connectivity index (χ1v) is 5.09. The average molecular weight is 218 g/mol. The molecule has 0 spiro atoms. The third-order valence-corrected chi connectivity index (χ3v) is 2.38. The molecule has 1 amide bonds. The van der Waals surface area contributed by atoms with Crippen molar-refractivity contribution in [2.75, 3.05) is 26.8 Å². The van der Waals surface area contributed by atoms with Gasteiger partial charge in [-0.15, -0.1) is 0 Å². The van der Waals surface area contributed by atoms with Crippen molar-refractivity contribution in [2.24, 2.45) is 0 Å². The zero-order valence-electron chi connectivity index (χ0n) is 9.96. The molecule has 0 aliphatic heterocycles. The Morgan fingerprint density at radius 1 is 1.53 bits per heavy atom. The topological polar surface area (TPSA) is 70.6 Å². The first-order valence-electron chi connectivity index (χ1n) is 5.09. The molecule has 90 valence electrons. The molecule has 5 nitrogen and oxygen atoms in total. The lowest BCUT2D eigenvalue weighted by Gasteiger charge is -2.29. The van der Waals surface area contributed by atoms with Crippen LogP contribution < -0.4 is 10.6 Å². The van der Waals surface area contributed by atoms with Gasteiger partial charge in [0.2, 0.25) is 5.91 Å². The van der Waals surface area contributed by atoms with E-state index in [9.17, 15) is 9.90 Å². The molecule has 0 aromatic rings. The van der Waals surface area contributed by atoms with Crippen molar-refractivity contribution in [3.8, 4) is 0 Å². The average Bonchev–Trinajstić information content (AvgIpc) is 2.15. The van der Waals surface area contributed by atoms with Crippen molar-refractivity contribution in [3.63, 3.8) is 0 Å². The van der Waals surface area contributed by atoms with Crippen molar-refractivity contribution < 1.29 is 14.6 Å². The van der Waals surface area contributed by atoms with Gasteiger partial charge >= 0.3 is 0 Å². The van der Waals surface area contributed by atoms with Crippen LogP contribution in [0.2, 0.25) is 0 Å². The molecule has 1 atom stereocenters. The van der Waals surface area contributed by atoms with Gasteiger partial charge in [0.25, 0.3) is 0 Å². The van der Waals surface area contributed by atoms with Gasteiger partial charge in [-0.05, 0) is 20.8 Å². The van der Waals surface area contributed by atoms with Gasteiger partial charge in [-0.3, -0.25) is 4.79 Å². The summed E-state index contributed by atoms with van der Waals surface area (Å²) in [5.74, 6) is -0.0965. The van der Waals surface area contributed by atoms with Gasteiger partial charge in [0.1, 0.15) is 0 Å². The predicted octanol–water partition coefficient (Wildman–Crippen LogP) is -0.502. The summed E-state index contributed by atoms with van der Waals surface area (Å²) < 4.78 is 4.80. The fraction of sp³-hybridized carbons (Fsp3) is 0.900. The second kappa shape index (κ2) is 6.76. The molecule has 0 heterocycles. The van der Waals surface area contributed by atoms with E-state index in [1.807, 2.05) is 13.8 Å². The zero-order valence-corrected chi connectivity index (χ0v) is 9.96. The number of aliphatic hydroxyl groups is 1. The number of ether oxygens (including phenoxy) is 1. The smallest absolute Gasteiger partial charge is 0.234 e. The van der Waals surface area contributed by atoms with Crippen LogP contribution in [0.25, 0.3) is 0 Å². The minimum atomic E-state index is -0.510. The van der Waals surface area contributed by atoms with Crippen LogP contribution in [0.15, 0.2) is 0 Å². The van der Waals surface area contributed by atoms with E-state index in [2.05, 4.69) is 10.6 Å². The van der Waals surface area contributed by atoms with Crippen LogP contribution in [0.5, 0.6) is 0 Å². The summed E-state index contributed by atoms with van der Waals surface area (Å²) in [4.78, 5) is 11.3. The SMILES string of the molecule is COCCNC(=O)CNC(C)(C)C(C)O. The molecule has 0 radical (unpaired) electrons. The number of hydrogen-bond acceptors (Lipinski definition) is 4. The van der Waals surface area contributed by atoms with Crippen LogP contribution in [0.4, 0.5) is 0 Å². The van der Waals surface area contributed by atoms with Crippen LogP contribution in [-0.4, -0.2) is 49.5 Å². The molecule has 0 aliphatic carbocycles. The first-order chi connectivity index (χ1) is 6.90. The Morgan fingerprint density at radius 3 is 2.60 bits per heavy atom. The van der Waals surface area contributed by atoms with Gasteiger partial charge in [-0.2, -0.15) is 0 Å². The van der Waals surface area contributed by atoms with E-state index in [0.29, 0.717) is 13.2 Å². The van der Waals surface area contributed by atoms with Crippen LogP contribution in [0, 0.1) is 0 Å². The minimum Gasteiger partial charge on any atom is -0.392 e. The van der Waals surface area contributed by atoms with Crippen LogP contribution in [0.3, 0.4) is 0 Å². The number of rotatable bonds is 7. The molecule has 0 bridgehead atoms. The van der Waals surface area contributed by atoms with Crippen molar-refractivity contribution in [2.45, 2.75) is 32.4 Å². The van der Waals surface area contributed by atoms with Crippen molar-refractivity contribution in [3.05, 3.63) is 0 Å². The van der Waals surface area contributed by atoms with Gasteiger partial charge in [-0.1, -0.05) is 0 Å². The third-order valence-electron chi connectivity index (χ3n) is 2.38. The molecule has 0 saturated heterocycles. The summed E-state index contributed by atoms with van der Waals surface area (Å²) in [6.07, 6.45) is -0.510. The van der Waals surface area contributed by atoms with E-state index < -0.39 is 11.6 Å². The highest BCUT2D eigenvalue weighted by Gasteiger charge is 2.23. The zero-order chi connectivity index (χ0) is 11.9. The molecule has 3 N–H and O–H groups in total. The minimum absolute atomic E-state index is 0.0965. The van der Waals surface area contributed by atoms with E-state index >= 15 is 0 Å². The van der Waals surface area contributed by atoms with E-state index in [-0.39, 0.29) is 12.5 Å². The third kappa shape index (κ3) is 6.43. The molecule has 0 fully saturated rings. The van der Waals surface area contributed by atoms with Crippen molar-refractivity contribution in [1.82, 2.24) is 10.6 Å². The maximum Gasteiger partial charge on any atom is 0.234 e. The first kappa shape index (κ1) is 14.3. The highest BCUT2D eigenvalue weighted by molar-refractivity contribution is 5.78. The quantitative estimate of drug-likeness (QED) is 0.504. The Morgan fingerprint density at radius 2 is 2.13 bits per heavy atom. The highest BCUT2D eigenvalue weighted by Crippen LogP contribution is 2.06. The van der Waals surface area contributed by atoms with E-state index in [0.717, 1.165) is 0 Å². The maximum absolute atomic E-state index is 11.3. The fourth-order valence-electron chi connectivity index (χ4n) is 0.811. The Balaban J connectivity index is 3.71. The highest BCUT2D eigenvalue weighted by atomic mass is 16.5. The summed E-state index contributed by atoms with van der Waals surface area (Å²) in [5.41, 5.74) is -0.460. The fourth-order valence-corrected chi connectivity index (χ4v) is 0.811. The second-order valence-electron chi connectivity index (χ2n) is 4.09. The number of hydrogen-bond donors (Lipinski definition) is 3. The molecule has 15 heavy (non-hydrogen) atoms. The van der Waals surface area contributed by atoms with Gasteiger partial charge in [0.15, 0.2) is 0 Å². The predicted molar refractivity (Wildman–Crippen MR) is 58.6 cm³/mol. The molecule has 0 aliphatic rings. The lowest BCUT2D eigenvalue weighted by Crippen LogP contribution is -2.51. The van der Waals surface area contributed by atoms with Gasteiger partial charge in [0, 0.05) is 19.2 Å². The molecule has 0 aromatic heterocycles. The van der Waals surface area contributed by atoms with Crippen molar-refractivity contribution >= 4 is 5.91 Å². The molecular weight excluding hydrogens is 196 g/mol. The Kier molecular flexibility index (Phi) is 6.47. The van der Waals surface area contributed by atoms with Gasteiger partial charge < -0.3 is 20.5 Å². The van der Waals surface area contributed by atoms with Crippen LogP contribution >= 0.6 is 0 Å². The monoisotopic (exact) mass is 218 g/mol. The summed E-state index contributed by atoms with van der Waals surface area (Å²) in [5, 5.41) is 15.1. The summed E-state index contributed by atoms with van der Waals surface area (Å²) in [6.45, 7) is 6.59. The molecule has 5 heteroatoms. The summed E-state index contributed by atoms with van der Waals surface area (Å²) >= 11 is 0. The summed E-state index contributed by atoms with van der Waals surface area (Å²) in [7, 11) is 1.58. The molecule has 0 rings (SSSR count). The summed E-state index contributed by atoms with van der Waals surface area (Å²) in [6, 6.07) is 0. The normalized spacial score (nSPS) is 13.7. The number of carbonyl (C=O) groups is 1. The molecule has 0 saturated carbocycles. The molecule has 1 unspecified atom stereocenters. The van der Waals surface area contributed by atoms with E-state index in [1.54, 1.807) is 14.0 Å². The largest absolute Gasteiger partial charge is 0.392 e. The number of nitrogens with one attached hydrogen (secondary N) is 2. The maximum atomic E-state index is 11.3. The van der Waals surface area contributed by atoms with E-state index in [4.69, 9.17) is 4.74 Å². The van der Waals surface area contributed by atoms with Crippen LogP contribution in [0.1, 0.15) is 20.8 Å². The number of methoxy groups -OCH3 is 1. The lowest BCUT2D eigenvalue weighted by atomic mass is 9.99. The standard InChI is InChI=1S/C10H22N2O3/c1-8(13)10(2,3)12-7-9(14)11-5-6-15-4/h8,12-13H,5-7H2,1-4H3,(H,11,14). The van der Waals surface area contributed by atoms with E-state index in [1.165, 1.54) is 0 Å². The van der Waals surface area contributed by atoms with Gasteiger partial charge in [-0.25, -0.2) is 0 Å². The Bertz CT molecular complexity index is 193. The number of amides is 1. The van der Waals surface area contributed by atoms with Crippen molar-refractivity contribution in [1.29, 1.82) is 0 Å². The van der Waals surface area contributed by atoms with Gasteiger partial charge in [0.05, 0.1) is 19.3 Å². The van der Waals surface area contributed by atoms with Crippen LogP contribution in [-0.2, 0) is 9.53 Å². The lowest BCUT2D eigenvalue weighted by molar-refractivity contribution is -0.120. The number of carbonyl (C=O) groups excluding carboxylic acids is 1. The molecule has 0 aromatic carbocycles. The number of aliphatic hydroxyl groups excluding tert-OH is 1.